The summed E-state index contributed by atoms with van der Waals surface area (Å²) in [6, 6.07) is 16.5. The molecule has 1 unspecified atom stereocenters. The number of likely N-dealkylation sites (N-methyl/N-ethyl adjacent to an activating group) is 1. The summed E-state index contributed by atoms with van der Waals surface area (Å²) in [5.41, 5.74) is 1.83. The quantitative estimate of drug-likeness (QED) is 0.824. The summed E-state index contributed by atoms with van der Waals surface area (Å²) in [7, 11) is 1.59. The molecule has 0 spiro atoms. The number of carbonyl (C=O) groups is 2. The van der Waals surface area contributed by atoms with Crippen molar-refractivity contribution in [2.24, 2.45) is 0 Å². The maximum absolute atomic E-state index is 12.6. The van der Waals surface area contributed by atoms with Crippen LogP contribution in [0.15, 0.2) is 54.6 Å². The van der Waals surface area contributed by atoms with Crippen LogP contribution < -0.4 is 5.32 Å². The van der Waals surface area contributed by atoms with E-state index in [4.69, 9.17) is 11.6 Å². The molecule has 2 aromatic rings. The van der Waals surface area contributed by atoms with Crippen LogP contribution in [0.4, 0.5) is 0 Å². The van der Waals surface area contributed by atoms with E-state index in [1.54, 1.807) is 24.9 Å². The summed E-state index contributed by atoms with van der Waals surface area (Å²) in [6.45, 7) is 2.10. The zero-order valence-corrected chi connectivity index (χ0v) is 15.3. The van der Waals surface area contributed by atoms with Gasteiger partial charge in [0.2, 0.25) is 11.8 Å². The van der Waals surface area contributed by atoms with Crippen molar-refractivity contribution in [3.05, 3.63) is 70.7 Å². The Morgan fingerprint density at radius 2 is 1.72 bits per heavy atom. The van der Waals surface area contributed by atoms with Gasteiger partial charge in [-0.05, 0) is 17.2 Å². The maximum Gasteiger partial charge on any atom is 0.242 e. The smallest absolute Gasteiger partial charge is 0.242 e. The highest BCUT2D eigenvalue weighted by molar-refractivity contribution is 6.31. The number of halogens is 1. The zero-order valence-electron chi connectivity index (χ0n) is 14.5. The van der Waals surface area contributed by atoms with Crippen molar-refractivity contribution in [1.29, 1.82) is 0 Å². The Bertz CT molecular complexity index is 719. The lowest BCUT2D eigenvalue weighted by Gasteiger charge is -2.31. The predicted molar refractivity (Wildman–Crippen MR) is 100 cm³/mol. The monoisotopic (exact) mass is 358 g/mol. The summed E-state index contributed by atoms with van der Waals surface area (Å²) in [5, 5.41) is 3.27. The van der Waals surface area contributed by atoms with Crippen molar-refractivity contribution in [3.8, 4) is 0 Å². The van der Waals surface area contributed by atoms with Crippen LogP contribution in [0.2, 0.25) is 5.02 Å². The minimum Gasteiger partial charge on any atom is -0.357 e. The highest BCUT2D eigenvalue weighted by atomic mass is 35.5. The van der Waals surface area contributed by atoms with E-state index in [9.17, 15) is 9.59 Å². The molecular formula is C20H23ClN2O2. The highest BCUT2D eigenvalue weighted by Crippen LogP contribution is 2.20. The summed E-state index contributed by atoms with van der Waals surface area (Å²) < 4.78 is 0. The molecule has 0 saturated carbocycles. The second-order valence-electron chi connectivity index (χ2n) is 5.79. The van der Waals surface area contributed by atoms with Gasteiger partial charge in [-0.25, -0.2) is 0 Å². The van der Waals surface area contributed by atoms with Gasteiger partial charge in [-0.1, -0.05) is 67.1 Å². The Hall–Kier alpha value is -2.33. The molecule has 2 aromatic carbocycles. The molecule has 2 amide bonds. The second-order valence-corrected chi connectivity index (χ2v) is 6.19. The first kappa shape index (κ1) is 19.0. The molecule has 0 aliphatic carbocycles. The van der Waals surface area contributed by atoms with Crippen molar-refractivity contribution in [2.45, 2.75) is 32.4 Å². The fourth-order valence-electron chi connectivity index (χ4n) is 2.73. The highest BCUT2D eigenvalue weighted by Gasteiger charge is 2.29. The van der Waals surface area contributed by atoms with E-state index < -0.39 is 6.04 Å². The van der Waals surface area contributed by atoms with E-state index in [0.717, 1.165) is 11.1 Å². The fourth-order valence-corrected chi connectivity index (χ4v) is 2.93. The predicted octanol–water partition coefficient (Wildman–Crippen LogP) is 3.44. The topological polar surface area (TPSA) is 49.4 Å². The Morgan fingerprint density at radius 3 is 2.32 bits per heavy atom. The first-order chi connectivity index (χ1) is 12.1. The van der Waals surface area contributed by atoms with Crippen LogP contribution in [0.5, 0.6) is 0 Å². The third-order valence-corrected chi connectivity index (χ3v) is 4.49. The van der Waals surface area contributed by atoms with E-state index in [0.29, 0.717) is 24.4 Å². The average Bonchev–Trinajstić information content (AvgIpc) is 2.65. The minimum absolute atomic E-state index is 0.0792. The number of amides is 2. The molecule has 4 nitrogen and oxygen atoms in total. The van der Waals surface area contributed by atoms with E-state index in [1.165, 1.54) is 0 Å². The van der Waals surface area contributed by atoms with Gasteiger partial charge in [-0.2, -0.15) is 0 Å². The molecule has 0 fully saturated rings. The molecule has 5 heteroatoms. The van der Waals surface area contributed by atoms with Gasteiger partial charge in [0, 0.05) is 31.5 Å². The summed E-state index contributed by atoms with van der Waals surface area (Å²) in [6.07, 6.45) is 0.781. The summed E-state index contributed by atoms with van der Waals surface area (Å²) >= 11 is 6.26. The zero-order chi connectivity index (χ0) is 18.2. The van der Waals surface area contributed by atoms with Crippen LogP contribution >= 0.6 is 11.6 Å². The molecule has 0 bridgehead atoms. The Kier molecular flexibility index (Phi) is 7.02. The molecule has 0 aromatic heterocycles. The van der Waals surface area contributed by atoms with Crippen LogP contribution in [-0.2, 0) is 22.6 Å². The Labute approximate surface area is 153 Å². The van der Waals surface area contributed by atoms with Gasteiger partial charge in [0.15, 0.2) is 0 Å². The largest absolute Gasteiger partial charge is 0.357 e. The normalized spacial score (nSPS) is 11.6. The van der Waals surface area contributed by atoms with Gasteiger partial charge >= 0.3 is 0 Å². The van der Waals surface area contributed by atoms with Crippen molar-refractivity contribution in [3.63, 3.8) is 0 Å². The van der Waals surface area contributed by atoms with Crippen LogP contribution in [0.3, 0.4) is 0 Å². The number of nitrogens with zero attached hydrogens (tertiary/aromatic N) is 1. The molecular weight excluding hydrogens is 336 g/mol. The number of hydrogen-bond acceptors (Lipinski definition) is 2. The minimum atomic E-state index is -0.587. The second kappa shape index (κ2) is 9.23. The van der Waals surface area contributed by atoms with Crippen LogP contribution in [0.25, 0.3) is 0 Å². The lowest BCUT2D eigenvalue weighted by Crippen LogP contribution is -2.49. The molecule has 2 rings (SSSR count). The van der Waals surface area contributed by atoms with Gasteiger partial charge in [0.25, 0.3) is 0 Å². The SMILES string of the molecule is CCC(=O)N(Cc1ccccc1Cl)C(Cc1ccccc1)C(=O)NC. The number of hydrogen-bond donors (Lipinski definition) is 1. The molecule has 0 saturated heterocycles. The molecule has 25 heavy (non-hydrogen) atoms. The van der Waals surface area contributed by atoms with Gasteiger partial charge in [-0.3, -0.25) is 9.59 Å². The van der Waals surface area contributed by atoms with Gasteiger partial charge in [0.05, 0.1) is 0 Å². The number of rotatable bonds is 7. The van der Waals surface area contributed by atoms with Crippen LogP contribution in [-0.4, -0.2) is 29.8 Å². The number of benzene rings is 2. The summed E-state index contributed by atoms with van der Waals surface area (Å²) in [4.78, 5) is 26.7. The molecule has 0 heterocycles. The number of carbonyl (C=O) groups excluding carboxylic acids is 2. The van der Waals surface area contributed by atoms with E-state index in [2.05, 4.69) is 5.32 Å². The first-order valence-corrected chi connectivity index (χ1v) is 8.73. The van der Waals surface area contributed by atoms with Crippen molar-refractivity contribution in [1.82, 2.24) is 10.2 Å². The molecule has 132 valence electrons. The molecule has 0 radical (unpaired) electrons. The molecule has 0 aliphatic rings. The van der Waals surface area contributed by atoms with Gasteiger partial charge in [-0.15, -0.1) is 0 Å². The summed E-state index contributed by atoms with van der Waals surface area (Å²) in [5.74, 6) is -0.262. The van der Waals surface area contributed by atoms with Crippen molar-refractivity contribution < 1.29 is 9.59 Å². The van der Waals surface area contributed by atoms with Gasteiger partial charge < -0.3 is 10.2 Å². The van der Waals surface area contributed by atoms with Crippen molar-refractivity contribution in [2.75, 3.05) is 7.05 Å². The standard InChI is InChI=1S/C20H23ClN2O2/c1-3-19(24)23(14-16-11-7-8-12-17(16)21)18(20(25)22-2)13-15-9-5-4-6-10-15/h4-12,18H,3,13-14H2,1-2H3,(H,22,25). The maximum atomic E-state index is 12.6. The number of nitrogens with one attached hydrogen (secondary N) is 1. The first-order valence-electron chi connectivity index (χ1n) is 8.35. The third-order valence-electron chi connectivity index (χ3n) is 4.12. The molecule has 1 atom stereocenters. The lowest BCUT2D eigenvalue weighted by molar-refractivity contribution is -0.140. The fraction of sp³-hybridized carbons (Fsp3) is 0.300. The Morgan fingerprint density at radius 1 is 1.08 bits per heavy atom. The third kappa shape index (κ3) is 5.07. The van der Waals surface area contributed by atoms with Crippen LogP contribution in [0.1, 0.15) is 24.5 Å². The average molecular weight is 359 g/mol. The van der Waals surface area contributed by atoms with Crippen LogP contribution in [0, 0.1) is 0 Å². The Balaban J connectivity index is 2.34. The van der Waals surface area contributed by atoms with Gasteiger partial charge in [0.1, 0.15) is 6.04 Å². The molecule has 0 aliphatic heterocycles. The van der Waals surface area contributed by atoms with E-state index >= 15 is 0 Å². The lowest BCUT2D eigenvalue weighted by atomic mass is 10.0. The molecule has 1 N–H and O–H groups in total. The van der Waals surface area contributed by atoms with E-state index in [-0.39, 0.29) is 11.8 Å². The van der Waals surface area contributed by atoms with E-state index in [1.807, 2.05) is 48.5 Å². The van der Waals surface area contributed by atoms with Crippen molar-refractivity contribution >= 4 is 23.4 Å².